The first kappa shape index (κ1) is 50.2. The Morgan fingerprint density at radius 1 is 0.280 bits per heavy atom. The average molecular weight is 1060 g/mol. The molecule has 0 bridgehead atoms. The molecule has 0 fully saturated rings. The maximum absolute atomic E-state index is 2.53. The van der Waals surface area contributed by atoms with Gasteiger partial charge in [-0.3, -0.25) is 0 Å². The molecule has 0 saturated carbocycles. The highest BCUT2D eigenvalue weighted by molar-refractivity contribution is 6.02. The zero-order chi connectivity index (χ0) is 56.2. The number of benzene rings is 11. The van der Waals surface area contributed by atoms with Crippen molar-refractivity contribution in [2.24, 2.45) is 0 Å². The fourth-order valence-electron chi connectivity index (χ4n) is 15.3. The van der Waals surface area contributed by atoms with Gasteiger partial charge >= 0.3 is 0 Å². The lowest BCUT2D eigenvalue weighted by atomic mass is 9.70. The lowest BCUT2D eigenvalue weighted by Crippen LogP contribution is -2.26. The van der Waals surface area contributed by atoms with Crippen molar-refractivity contribution < 1.29 is 0 Å². The molecular weight excluding hydrogens is 987 g/mol. The minimum atomic E-state index is -0.517. The Labute approximate surface area is 485 Å². The quantitative estimate of drug-likeness (QED) is 0.160. The predicted octanol–water partition coefficient (Wildman–Crippen LogP) is 21.7. The van der Waals surface area contributed by atoms with Gasteiger partial charge in [0, 0.05) is 27.8 Å². The lowest BCUT2D eigenvalue weighted by molar-refractivity contribution is 0.589. The molecule has 0 aromatic heterocycles. The van der Waals surface area contributed by atoms with Gasteiger partial charge in [0.15, 0.2) is 0 Å². The third kappa shape index (κ3) is 7.11. The van der Waals surface area contributed by atoms with Crippen molar-refractivity contribution in [3.8, 4) is 77.9 Å². The van der Waals surface area contributed by atoms with Crippen LogP contribution in [0, 0.1) is 0 Å². The number of rotatable bonds is 6. The lowest BCUT2D eigenvalue weighted by Gasteiger charge is -2.32. The highest BCUT2D eigenvalue weighted by Crippen LogP contribution is 2.65. The van der Waals surface area contributed by atoms with E-state index in [4.69, 9.17) is 0 Å². The molecule has 398 valence electrons. The van der Waals surface area contributed by atoms with E-state index in [1.165, 1.54) is 134 Å². The Morgan fingerprint density at radius 3 is 1.30 bits per heavy atom. The number of fused-ring (bicyclic) bond motifs is 16. The van der Waals surface area contributed by atoms with E-state index in [-0.39, 0.29) is 21.7 Å². The van der Waals surface area contributed by atoms with Crippen LogP contribution in [-0.4, -0.2) is 0 Å². The number of anilines is 3. The number of nitrogens with zero attached hydrogens (tertiary/aromatic N) is 1. The Kier molecular flexibility index (Phi) is 10.8. The van der Waals surface area contributed by atoms with E-state index in [2.05, 4.69) is 311 Å². The normalized spacial score (nSPS) is 15.0. The fraction of sp³-hybridized carbons (Fsp3) is 0.185. The SMILES string of the molecule is CC(C)(C)c1ccc2c(c1)-c1cc(C(C)(C)C)ccc1C21c2ccccc2-c2c(N(c3ccc(-c4ccc5c(c4)C(C)(C)c4ccccc4-5)cc3)c3ccc(-c4ccccc4-c4cccc5c4C(C)(C)c4ccccc4-5)cc3)cccc21. The molecule has 4 aliphatic rings. The zero-order valence-corrected chi connectivity index (χ0v) is 49.0. The predicted molar refractivity (Wildman–Crippen MR) is 346 cm³/mol. The van der Waals surface area contributed by atoms with Crippen LogP contribution in [-0.2, 0) is 27.1 Å². The Bertz CT molecular complexity index is 4390. The molecule has 15 rings (SSSR count). The van der Waals surface area contributed by atoms with E-state index in [9.17, 15) is 0 Å². The van der Waals surface area contributed by atoms with Crippen molar-refractivity contribution in [1.82, 2.24) is 0 Å². The van der Waals surface area contributed by atoms with E-state index in [1.54, 1.807) is 0 Å². The zero-order valence-electron chi connectivity index (χ0n) is 49.0. The highest BCUT2D eigenvalue weighted by Gasteiger charge is 2.53. The summed E-state index contributed by atoms with van der Waals surface area (Å²) in [5, 5.41) is 0. The maximum Gasteiger partial charge on any atom is 0.0726 e. The van der Waals surface area contributed by atoms with Crippen LogP contribution >= 0.6 is 0 Å². The van der Waals surface area contributed by atoms with E-state index in [0.717, 1.165) is 17.1 Å². The highest BCUT2D eigenvalue weighted by atomic mass is 15.1. The Balaban J connectivity index is 0.911. The Hall–Kier alpha value is -8.78. The molecule has 82 heavy (non-hydrogen) atoms. The van der Waals surface area contributed by atoms with Gasteiger partial charge in [0.2, 0.25) is 0 Å². The molecule has 0 radical (unpaired) electrons. The van der Waals surface area contributed by atoms with Crippen LogP contribution in [0.1, 0.15) is 125 Å². The summed E-state index contributed by atoms with van der Waals surface area (Å²) in [7, 11) is 0. The maximum atomic E-state index is 2.53. The van der Waals surface area contributed by atoms with Gasteiger partial charge in [-0.2, -0.15) is 0 Å². The number of hydrogen-bond donors (Lipinski definition) is 0. The smallest absolute Gasteiger partial charge is 0.0726 e. The van der Waals surface area contributed by atoms with Gasteiger partial charge in [-0.25, -0.2) is 0 Å². The molecule has 0 aliphatic heterocycles. The summed E-state index contributed by atoms with van der Waals surface area (Å²) in [6.45, 7) is 23.6. The molecule has 0 atom stereocenters. The third-order valence-electron chi connectivity index (χ3n) is 19.4. The summed E-state index contributed by atoms with van der Waals surface area (Å²) in [6, 6.07) is 90.9. The largest absolute Gasteiger partial charge is 0.310 e. The molecule has 4 aliphatic carbocycles. The van der Waals surface area contributed by atoms with Crippen LogP contribution in [0.4, 0.5) is 17.1 Å². The molecule has 11 aromatic carbocycles. The third-order valence-corrected chi connectivity index (χ3v) is 19.4. The minimum Gasteiger partial charge on any atom is -0.310 e. The molecule has 0 saturated heterocycles. The van der Waals surface area contributed by atoms with Gasteiger partial charge in [0.25, 0.3) is 0 Å². The first-order valence-electron chi connectivity index (χ1n) is 29.6. The summed E-state index contributed by atoms with van der Waals surface area (Å²) in [5.41, 5.74) is 34.3. The molecule has 1 spiro atoms. The van der Waals surface area contributed by atoms with Crippen LogP contribution in [0.5, 0.6) is 0 Å². The van der Waals surface area contributed by atoms with Crippen molar-refractivity contribution in [1.29, 1.82) is 0 Å². The second-order valence-corrected chi connectivity index (χ2v) is 26.8. The molecule has 0 unspecified atom stereocenters. The fourth-order valence-corrected chi connectivity index (χ4v) is 15.3. The molecular formula is C81H69N. The van der Waals surface area contributed by atoms with Crippen molar-refractivity contribution >= 4 is 17.1 Å². The second kappa shape index (κ2) is 17.6. The van der Waals surface area contributed by atoms with Crippen LogP contribution in [0.2, 0.25) is 0 Å². The van der Waals surface area contributed by atoms with Crippen molar-refractivity contribution in [3.05, 3.63) is 292 Å². The van der Waals surface area contributed by atoms with Gasteiger partial charge in [0.05, 0.1) is 11.1 Å². The summed E-state index contributed by atoms with van der Waals surface area (Å²) in [4.78, 5) is 2.53. The van der Waals surface area contributed by atoms with Crippen molar-refractivity contribution in [3.63, 3.8) is 0 Å². The minimum absolute atomic E-state index is 0.00695. The van der Waals surface area contributed by atoms with Gasteiger partial charge < -0.3 is 4.90 Å². The molecule has 0 heterocycles. The monoisotopic (exact) mass is 1060 g/mol. The Morgan fingerprint density at radius 2 is 0.707 bits per heavy atom. The average Bonchev–Trinajstić information content (AvgIpc) is 2.97. The van der Waals surface area contributed by atoms with E-state index >= 15 is 0 Å². The molecule has 1 heteroatoms. The van der Waals surface area contributed by atoms with E-state index in [0.29, 0.717) is 0 Å². The summed E-state index contributed by atoms with van der Waals surface area (Å²) < 4.78 is 0. The first-order valence-corrected chi connectivity index (χ1v) is 29.6. The van der Waals surface area contributed by atoms with Crippen LogP contribution < -0.4 is 4.90 Å². The first-order chi connectivity index (χ1) is 39.5. The summed E-state index contributed by atoms with van der Waals surface area (Å²) in [5.74, 6) is 0. The van der Waals surface area contributed by atoms with Gasteiger partial charge in [-0.15, -0.1) is 0 Å². The second-order valence-electron chi connectivity index (χ2n) is 26.8. The van der Waals surface area contributed by atoms with Crippen molar-refractivity contribution in [2.75, 3.05) is 4.90 Å². The van der Waals surface area contributed by atoms with Gasteiger partial charge in [0.1, 0.15) is 0 Å². The van der Waals surface area contributed by atoms with Gasteiger partial charge in [-0.05, 0) is 175 Å². The van der Waals surface area contributed by atoms with Crippen LogP contribution in [0.15, 0.2) is 237 Å². The van der Waals surface area contributed by atoms with E-state index < -0.39 is 5.41 Å². The van der Waals surface area contributed by atoms with Gasteiger partial charge in [-0.1, -0.05) is 269 Å². The molecule has 11 aromatic rings. The van der Waals surface area contributed by atoms with Crippen molar-refractivity contribution in [2.45, 2.75) is 96.3 Å². The van der Waals surface area contributed by atoms with Crippen LogP contribution in [0.25, 0.3) is 77.9 Å². The summed E-state index contributed by atoms with van der Waals surface area (Å²) in [6.07, 6.45) is 0. The standard InChI is InChI=1S/C81H69N/c1-77(2,3)53-38-45-70-65(48-53)66-49-54(78(4,5)6)39-46-71(66)81(70)69-30-18-15-25-64(69)75-72(81)31-20-32-74(75)82(55-40-33-50(34-41-55)52-37-44-61-59-23-13-16-28-67(59)79(7,8)73(61)47-52)56-42-35-51(36-43-56)57-21-11-12-22-58(57)62-26-19-27-63-60-24-14-17-29-68(60)80(9,10)76(62)63/h11-49H,1-10H3. The van der Waals surface area contributed by atoms with Crippen LogP contribution in [0.3, 0.4) is 0 Å². The topological polar surface area (TPSA) is 3.24 Å². The van der Waals surface area contributed by atoms with E-state index in [1.807, 2.05) is 0 Å². The molecule has 0 N–H and O–H groups in total. The molecule has 1 nitrogen and oxygen atoms in total. The number of hydrogen-bond acceptors (Lipinski definition) is 1. The summed E-state index contributed by atoms with van der Waals surface area (Å²) >= 11 is 0. The molecule has 0 amide bonds.